The van der Waals surface area contributed by atoms with E-state index in [-0.39, 0.29) is 28.1 Å². The van der Waals surface area contributed by atoms with E-state index in [1.165, 1.54) is 18.2 Å². The SMILES string of the molecule is Cc1ccc(-c2cc(N=C(NC(=O)c3ccc(F)c(F)c3)Nc3cc(F)cc(Cl)c3)n[nH]2)cc1F. The molecule has 0 aliphatic heterocycles. The van der Waals surface area contributed by atoms with Gasteiger partial charge in [-0.15, -0.1) is 0 Å². The summed E-state index contributed by atoms with van der Waals surface area (Å²) < 4.78 is 54.5. The predicted molar refractivity (Wildman–Crippen MR) is 125 cm³/mol. The Morgan fingerprint density at radius 3 is 2.46 bits per heavy atom. The number of carbonyl (C=O) groups excluding carboxylic acids is 1. The van der Waals surface area contributed by atoms with Crippen molar-refractivity contribution in [1.82, 2.24) is 15.5 Å². The van der Waals surface area contributed by atoms with Gasteiger partial charge in [-0.05, 0) is 55.0 Å². The first-order valence-electron chi connectivity index (χ1n) is 10.1. The molecule has 0 atom stereocenters. The van der Waals surface area contributed by atoms with Crippen molar-refractivity contribution >= 4 is 35.0 Å². The van der Waals surface area contributed by atoms with E-state index in [0.717, 1.165) is 30.3 Å². The van der Waals surface area contributed by atoms with E-state index in [1.807, 2.05) is 0 Å². The first-order chi connectivity index (χ1) is 16.7. The average Bonchev–Trinajstić information content (AvgIpc) is 3.25. The molecule has 35 heavy (non-hydrogen) atoms. The normalized spacial score (nSPS) is 11.4. The van der Waals surface area contributed by atoms with Crippen molar-refractivity contribution in [3.63, 3.8) is 0 Å². The quantitative estimate of drug-likeness (QED) is 0.179. The third-order valence-corrected chi connectivity index (χ3v) is 5.03. The molecule has 0 aliphatic rings. The van der Waals surface area contributed by atoms with Gasteiger partial charge in [-0.2, -0.15) is 10.1 Å². The number of H-pyrrole nitrogens is 1. The van der Waals surface area contributed by atoms with E-state index < -0.39 is 29.2 Å². The second kappa shape index (κ2) is 9.98. The first kappa shape index (κ1) is 24.0. The number of aliphatic imine (C=N–C) groups is 1. The lowest BCUT2D eigenvalue weighted by Gasteiger charge is -2.12. The summed E-state index contributed by atoms with van der Waals surface area (Å²) in [6, 6.07) is 12.3. The molecule has 6 nitrogen and oxygen atoms in total. The Morgan fingerprint density at radius 2 is 1.74 bits per heavy atom. The summed E-state index contributed by atoms with van der Waals surface area (Å²) in [5.41, 5.74) is 1.40. The zero-order chi connectivity index (χ0) is 25.1. The van der Waals surface area contributed by atoms with Crippen LogP contribution in [-0.2, 0) is 0 Å². The van der Waals surface area contributed by atoms with Gasteiger partial charge in [0.1, 0.15) is 11.6 Å². The molecule has 1 amide bonds. The molecule has 3 N–H and O–H groups in total. The maximum Gasteiger partial charge on any atom is 0.258 e. The van der Waals surface area contributed by atoms with E-state index in [2.05, 4.69) is 25.8 Å². The molecule has 3 aromatic carbocycles. The smallest absolute Gasteiger partial charge is 0.258 e. The molecule has 4 aromatic rings. The van der Waals surface area contributed by atoms with Crippen molar-refractivity contribution in [1.29, 1.82) is 0 Å². The minimum Gasteiger partial charge on any atom is -0.325 e. The Morgan fingerprint density at radius 1 is 0.943 bits per heavy atom. The monoisotopic (exact) mass is 501 g/mol. The van der Waals surface area contributed by atoms with Gasteiger partial charge in [0.25, 0.3) is 5.91 Å². The number of nitrogens with one attached hydrogen (secondary N) is 3. The van der Waals surface area contributed by atoms with E-state index in [0.29, 0.717) is 16.8 Å². The van der Waals surface area contributed by atoms with Crippen LogP contribution in [0.3, 0.4) is 0 Å². The molecule has 0 saturated carbocycles. The number of hydrogen-bond acceptors (Lipinski definition) is 3. The van der Waals surface area contributed by atoms with Crippen LogP contribution >= 0.6 is 11.6 Å². The molecule has 0 fully saturated rings. The maximum atomic E-state index is 13.9. The van der Waals surface area contributed by atoms with Gasteiger partial charge < -0.3 is 5.32 Å². The summed E-state index contributed by atoms with van der Waals surface area (Å²) in [6.07, 6.45) is 0. The van der Waals surface area contributed by atoms with E-state index >= 15 is 0 Å². The van der Waals surface area contributed by atoms with Gasteiger partial charge in [0.05, 0.1) is 5.69 Å². The van der Waals surface area contributed by atoms with E-state index in [1.54, 1.807) is 19.1 Å². The van der Waals surface area contributed by atoms with Crippen LogP contribution in [0.4, 0.5) is 29.1 Å². The summed E-state index contributed by atoms with van der Waals surface area (Å²) in [4.78, 5) is 16.8. The average molecular weight is 502 g/mol. The van der Waals surface area contributed by atoms with Crippen molar-refractivity contribution < 1.29 is 22.4 Å². The lowest BCUT2D eigenvalue weighted by molar-refractivity contribution is 0.0976. The van der Waals surface area contributed by atoms with Gasteiger partial charge in [0.2, 0.25) is 5.96 Å². The number of benzene rings is 3. The third-order valence-electron chi connectivity index (χ3n) is 4.81. The molecule has 178 valence electrons. The Bertz CT molecular complexity index is 1430. The number of anilines is 1. The van der Waals surface area contributed by atoms with Crippen LogP contribution in [0.2, 0.25) is 5.02 Å². The molecule has 0 radical (unpaired) electrons. The molecule has 1 aromatic heterocycles. The van der Waals surface area contributed by atoms with Gasteiger partial charge in [0, 0.05) is 27.9 Å². The van der Waals surface area contributed by atoms with Crippen LogP contribution in [0.25, 0.3) is 11.3 Å². The molecular formula is C24H16ClF4N5O. The highest BCUT2D eigenvalue weighted by Gasteiger charge is 2.14. The molecule has 1 heterocycles. The van der Waals surface area contributed by atoms with Gasteiger partial charge in [-0.1, -0.05) is 23.7 Å². The number of aromatic nitrogens is 2. The Labute approximate surface area is 201 Å². The Hall–Kier alpha value is -4.18. The molecule has 4 rings (SSSR count). The molecule has 0 unspecified atom stereocenters. The van der Waals surface area contributed by atoms with E-state index in [9.17, 15) is 22.4 Å². The standard InChI is InChI=1S/C24H16ClF4N5O/c1-12-2-3-13(6-19(12)28)21-11-22(34-33-21)31-24(30-17-9-15(25)8-16(26)10-17)32-23(35)14-4-5-18(27)20(29)7-14/h2-11H,1H3,(H3,30,31,32,33,34,35). The highest BCUT2D eigenvalue weighted by Crippen LogP contribution is 2.24. The van der Waals surface area contributed by atoms with Crippen molar-refractivity contribution in [3.8, 4) is 11.3 Å². The van der Waals surface area contributed by atoms with Gasteiger partial charge in [0.15, 0.2) is 17.5 Å². The third kappa shape index (κ3) is 5.85. The number of guanidine groups is 1. The van der Waals surface area contributed by atoms with Crippen molar-refractivity contribution in [2.45, 2.75) is 6.92 Å². The summed E-state index contributed by atoms with van der Waals surface area (Å²) >= 11 is 5.89. The van der Waals surface area contributed by atoms with Crippen LogP contribution in [0, 0.1) is 30.2 Å². The number of aryl methyl sites for hydroxylation is 1. The van der Waals surface area contributed by atoms with Crippen molar-refractivity contribution in [3.05, 3.63) is 100 Å². The fraction of sp³-hybridized carbons (Fsp3) is 0.0417. The molecule has 0 aliphatic carbocycles. The van der Waals surface area contributed by atoms with E-state index in [4.69, 9.17) is 11.6 Å². The van der Waals surface area contributed by atoms with Gasteiger partial charge >= 0.3 is 0 Å². The molecular weight excluding hydrogens is 486 g/mol. The second-order valence-corrected chi connectivity index (χ2v) is 7.87. The fourth-order valence-electron chi connectivity index (χ4n) is 3.06. The zero-order valence-corrected chi connectivity index (χ0v) is 18.7. The Balaban J connectivity index is 1.66. The second-order valence-electron chi connectivity index (χ2n) is 7.43. The molecule has 0 saturated heterocycles. The van der Waals surface area contributed by atoms with Crippen LogP contribution in [0.1, 0.15) is 15.9 Å². The topological polar surface area (TPSA) is 82.2 Å². The molecule has 0 spiro atoms. The number of rotatable bonds is 4. The summed E-state index contributed by atoms with van der Waals surface area (Å²) in [6.45, 7) is 1.63. The molecule has 11 heteroatoms. The lowest BCUT2D eigenvalue weighted by Crippen LogP contribution is -2.36. The van der Waals surface area contributed by atoms with Crippen LogP contribution < -0.4 is 10.6 Å². The highest BCUT2D eigenvalue weighted by molar-refractivity contribution is 6.31. The largest absolute Gasteiger partial charge is 0.325 e. The van der Waals surface area contributed by atoms with Crippen LogP contribution in [0.15, 0.2) is 65.7 Å². The van der Waals surface area contributed by atoms with Gasteiger partial charge in [-0.3, -0.25) is 15.2 Å². The maximum absolute atomic E-state index is 13.9. The minimum atomic E-state index is -1.21. The number of nitrogens with zero attached hydrogens (tertiary/aromatic N) is 2. The lowest BCUT2D eigenvalue weighted by atomic mass is 10.1. The Kier molecular flexibility index (Phi) is 6.83. The number of carbonyl (C=O) groups is 1. The van der Waals surface area contributed by atoms with Crippen LogP contribution in [0.5, 0.6) is 0 Å². The highest BCUT2D eigenvalue weighted by atomic mass is 35.5. The summed E-state index contributed by atoms with van der Waals surface area (Å²) in [7, 11) is 0. The first-order valence-corrected chi connectivity index (χ1v) is 10.5. The predicted octanol–water partition coefficient (Wildman–Crippen LogP) is 6.12. The number of aromatic amines is 1. The van der Waals surface area contributed by atoms with Crippen molar-refractivity contribution in [2.75, 3.05) is 5.32 Å². The summed E-state index contributed by atoms with van der Waals surface area (Å²) in [5, 5.41) is 12.0. The number of amides is 1. The number of halogens is 5. The zero-order valence-electron chi connectivity index (χ0n) is 18.0. The van der Waals surface area contributed by atoms with Crippen molar-refractivity contribution in [2.24, 2.45) is 4.99 Å². The minimum absolute atomic E-state index is 0.0802. The van der Waals surface area contributed by atoms with Gasteiger partial charge in [-0.25, -0.2) is 17.6 Å². The summed E-state index contributed by atoms with van der Waals surface area (Å²) in [5.74, 6) is -4.32. The number of hydrogen-bond donors (Lipinski definition) is 3. The fourth-order valence-corrected chi connectivity index (χ4v) is 3.28. The van der Waals surface area contributed by atoms with Crippen LogP contribution in [-0.4, -0.2) is 22.1 Å². The molecule has 0 bridgehead atoms.